The van der Waals surface area contributed by atoms with Crippen molar-refractivity contribution < 1.29 is 38.0 Å². The number of carbonyl (C=O) groups excluding carboxylic acids is 2. The fourth-order valence-electron chi connectivity index (χ4n) is 4.48. The molecule has 0 spiro atoms. The molecule has 0 fully saturated rings. The molecule has 0 radical (unpaired) electrons. The van der Waals surface area contributed by atoms with Crippen molar-refractivity contribution >= 4 is 11.9 Å². The van der Waals surface area contributed by atoms with Gasteiger partial charge in [0.15, 0.2) is 23.0 Å². The summed E-state index contributed by atoms with van der Waals surface area (Å²) in [5.41, 5.74) is 3.66. The first-order chi connectivity index (χ1) is 22.5. The quantitative estimate of drug-likeness (QED) is 0.0718. The maximum Gasteiger partial charge on any atom is 0.348 e. The molecule has 238 valence electrons. The average molecular weight is 623 g/mol. The second-order valence-corrected chi connectivity index (χ2v) is 10.2. The van der Waals surface area contributed by atoms with Crippen LogP contribution in [-0.2, 0) is 45.1 Å². The highest BCUT2D eigenvalue weighted by Crippen LogP contribution is 2.31. The van der Waals surface area contributed by atoms with E-state index in [0.29, 0.717) is 48.2 Å². The van der Waals surface area contributed by atoms with Crippen LogP contribution in [0.3, 0.4) is 0 Å². The lowest BCUT2D eigenvalue weighted by atomic mass is 10.1. The SMILES string of the molecule is C=CCOC(=O)C(Cc1ccc(OC)c(OC)c1)OC(=O)/C=C/Cc1ccc(OCc2ccccc2)c(OCc2ccccc2)c1. The molecule has 1 atom stereocenters. The Kier molecular flexibility index (Phi) is 12.9. The summed E-state index contributed by atoms with van der Waals surface area (Å²) in [5.74, 6) is 0.887. The molecule has 0 heterocycles. The minimum Gasteiger partial charge on any atom is -0.493 e. The van der Waals surface area contributed by atoms with E-state index in [0.717, 1.165) is 16.7 Å². The number of allylic oxidation sites excluding steroid dienone is 1. The van der Waals surface area contributed by atoms with Gasteiger partial charge in [-0.25, -0.2) is 9.59 Å². The monoisotopic (exact) mass is 622 g/mol. The summed E-state index contributed by atoms with van der Waals surface area (Å²) in [6, 6.07) is 30.6. The topological polar surface area (TPSA) is 89.5 Å². The molecular formula is C38H38O8. The Morgan fingerprint density at radius 2 is 1.28 bits per heavy atom. The number of esters is 2. The van der Waals surface area contributed by atoms with Crippen LogP contribution < -0.4 is 18.9 Å². The minimum absolute atomic E-state index is 0.00556. The van der Waals surface area contributed by atoms with Crippen LogP contribution in [0.15, 0.2) is 122 Å². The zero-order valence-corrected chi connectivity index (χ0v) is 26.1. The van der Waals surface area contributed by atoms with Crippen molar-refractivity contribution in [2.24, 2.45) is 0 Å². The Bertz CT molecular complexity index is 1600. The first-order valence-electron chi connectivity index (χ1n) is 14.8. The minimum atomic E-state index is -1.17. The summed E-state index contributed by atoms with van der Waals surface area (Å²) in [7, 11) is 3.06. The van der Waals surface area contributed by atoms with Crippen molar-refractivity contribution in [2.45, 2.75) is 32.2 Å². The molecule has 8 nitrogen and oxygen atoms in total. The lowest BCUT2D eigenvalue weighted by molar-refractivity contribution is -0.164. The first-order valence-corrected chi connectivity index (χ1v) is 14.8. The van der Waals surface area contributed by atoms with Gasteiger partial charge in [0.05, 0.1) is 14.2 Å². The second-order valence-electron chi connectivity index (χ2n) is 10.2. The fraction of sp³-hybridized carbons (Fsp3) is 0.211. The fourth-order valence-corrected chi connectivity index (χ4v) is 4.48. The first kappa shape index (κ1) is 33.4. The van der Waals surface area contributed by atoms with Crippen LogP contribution >= 0.6 is 0 Å². The van der Waals surface area contributed by atoms with E-state index in [2.05, 4.69) is 6.58 Å². The molecule has 0 aliphatic rings. The summed E-state index contributed by atoms with van der Waals surface area (Å²) in [4.78, 5) is 25.5. The maximum atomic E-state index is 12.8. The Morgan fingerprint density at radius 1 is 0.696 bits per heavy atom. The van der Waals surface area contributed by atoms with Gasteiger partial charge >= 0.3 is 11.9 Å². The van der Waals surface area contributed by atoms with E-state index in [-0.39, 0.29) is 13.0 Å². The van der Waals surface area contributed by atoms with E-state index >= 15 is 0 Å². The molecule has 8 heteroatoms. The van der Waals surface area contributed by atoms with Gasteiger partial charge < -0.3 is 28.4 Å². The van der Waals surface area contributed by atoms with E-state index in [9.17, 15) is 9.59 Å². The zero-order valence-electron chi connectivity index (χ0n) is 26.1. The van der Waals surface area contributed by atoms with Crippen LogP contribution in [0.4, 0.5) is 0 Å². The number of benzene rings is 4. The van der Waals surface area contributed by atoms with Gasteiger partial charge in [-0.05, 0) is 52.9 Å². The largest absolute Gasteiger partial charge is 0.493 e. The van der Waals surface area contributed by atoms with Gasteiger partial charge in [-0.3, -0.25) is 0 Å². The highest BCUT2D eigenvalue weighted by atomic mass is 16.6. The number of rotatable bonds is 17. The zero-order chi connectivity index (χ0) is 32.6. The molecular weight excluding hydrogens is 584 g/mol. The van der Waals surface area contributed by atoms with E-state index in [1.54, 1.807) is 24.3 Å². The molecule has 1 unspecified atom stereocenters. The van der Waals surface area contributed by atoms with Crippen molar-refractivity contribution in [3.63, 3.8) is 0 Å². The van der Waals surface area contributed by atoms with E-state index in [4.69, 9.17) is 28.4 Å². The highest BCUT2D eigenvalue weighted by Gasteiger charge is 2.25. The van der Waals surface area contributed by atoms with Crippen LogP contribution in [0.25, 0.3) is 0 Å². The molecule has 0 aliphatic carbocycles. The smallest absolute Gasteiger partial charge is 0.348 e. The molecule has 4 aromatic carbocycles. The van der Waals surface area contributed by atoms with Gasteiger partial charge in [0.1, 0.15) is 19.8 Å². The predicted octanol–water partition coefficient (Wildman–Crippen LogP) is 6.84. The van der Waals surface area contributed by atoms with Crippen LogP contribution in [0.5, 0.6) is 23.0 Å². The molecule has 0 amide bonds. The van der Waals surface area contributed by atoms with Gasteiger partial charge in [-0.1, -0.05) is 91.5 Å². The van der Waals surface area contributed by atoms with Crippen LogP contribution in [0, 0.1) is 0 Å². The predicted molar refractivity (Wildman–Crippen MR) is 175 cm³/mol. The van der Waals surface area contributed by atoms with Crippen molar-refractivity contribution in [3.05, 3.63) is 144 Å². The van der Waals surface area contributed by atoms with Gasteiger partial charge in [0, 0.05) is 12.5 Å². The molecule has 0 aliphatic heterocycles. The number of carbonyl (C=O) groups is 2. The Balaban J connectivity index is 1.43. The van der Waals surface area contributed by atoms with Gasteiger partial charge in [-0.2, -0.15) is 0 Å². The summed E-state index contributed by atoms with van der Waals surface area (Å²) < 4.78 is 33.6. The summed E-state index contributed by atoms with van der Waals surface area (Å²) in [5, 5.41) is 0. The number of hydrogen-bond acceptors (Lipinski definition) is 8. The van der Waals surface area contributed by atoms with Crippen LogP contribution in [-0.4, -0.2) is 38.9 Å². The number of hydrogen-bond donors (Lipinski definition) is 0. The second kappa shape index (κ2) is 17.7. The Morgan fingerprint density at radius 3 is 1.91 bits per heavy atom. The molecule has 0 saturated heterocycles. The van der Waals surface area contributed by atoms with Crippen LogP contribution in [0.2, 0.25) is 0 Å². The molecule has 0 saturated carbocycles. The van der Waals surface area contributed by atoms with E-state index in [1.807, 2.05) is 78.9 Å². The van der Waals surface area contributed by atoms with Crippen molar-refractivity contribution in [1.29, 1.82) is 0 Å². The van der Waals surface area contributed by atoms with Gasteiger partial charge in [-0.15, -0.1) is 0 Å². The third kappa shape index (κ3) is 10.3. The van der Waals surface area contributed by atoms with Crippen molar-refractivity contribution in [1.82, 2.24) is 0 Å². The van der Waals surface area contributed by atoms with Crippen molar-refractivity contribution in [2.75, 3.05) is 20.8 Å². The molecule has 4 aromatic rings. The summed E-state index contributed by atoms with van der Waals surface area (Å²) in [6.45, 7) is 4.33. The highest BCUT2D eigenvalue weighted by molar-refractivity contribution is 5.85. The van der Waals surface area contributed by atoms with Crippen LogP contribution in [0.1, 0.15) is 22.3 Å². The molecule has 0 aromatic heterocycles. The van der Waals surface area contributed by atoms with E-state index < -0.39 is 18.0 Å². The number of methoxy groups -OCH3 is 2. The Hall–Kier alpha value is -5.50. The molecule has 4 rings (SSSR count). The molecule has 0 bridgehead atoms. The summed E-state index contributed by atoms with van der Waals surface area (Å²) in [6.07, 6.45) is 3.75. The molecule has 0 N–H and O–H groups in total. The maximum absolute atomic E-state index is 12.8. The average Bonchev–Trinajstić information content (AvgIpc) is 3.09. The van der Waals surface area contributed by atoms with Crippen molar-refractivity contribution in [3.8, 4) is 23.0 Å². The number of ether oxygens (including phenoxy) is 6. The molecule has 46 heavy (non-hydrogen) atoms. The van der Waals surface area contributed by atoms with Gasteiger partial charge in [0.2, 0.25) is 6.10 Å². The lowest BCUT2D eigenvalue weighted by Gasteiger charge is -2.17. The summed E-state index contributed by atoms with van der Waals surface area (Å²) >= 11 is 0. The normalized spacial score (nSPS) is 11.3. The van der Waals surface area contributed by atoms with E-state index in [1.165, 1.54) is 26.4 Å². The third-order valence-electron chi connectivity index (χ3n) is 6.82. The third-order valence-corrected chi connectivity index (χ3v) is 6.82. The van der Waals surface area contributed by atoms with Gasteiger partial charge in [0.25, 0.3) is 0 Å². The Labute approximate surface area is 269 Å². The standard InChI is InChI=1S/C38H38O8/c1-4-22-43-38(40)36(25-31-19-20-32(41-2)34(24-31)42-3)46-37(39)17-11-16-28-18-21-33(44-26-29-12-7-5-8-13-29)35(23-28)45-27-30-14-9-6-10-15-30/h4-15,17-21,23-24,36H,1,16,22,25-27H2,2-3H3/b17-11+. The lowest BCUT2D eigenvalue weighted by Crippen LogP contribution is -2.31.